The predicted molar refractivity (Wildman–Crippen MR) is 87.7 cm³/mol. The SMILES string of the molecule is CC(C)CN1CC(=O)NC1c1ccccc1.CC(O)CC(=O)O. The van der Waals surface area contributed by atoms with Gasteiger partial charge in [0.15, 0.2) is 0 Å². The van der Waals surface area contributed by atoms with E-state index in [0.29, 0.717) is 12.5 Å². The molecule has 3 N–H and O–H groups in total. The van der Waals surface area contributed by atoms with Crippen LogP contribution in [0.1, 0.15) is 38.9 Å². The van der Waals surface area contributed by atoms with Crippen LogP contribution in [0, 0.1) is 5.92 Å². The van der Waals surface area contributed by atoms with Gasteiger partial charge in [-0.3, -0.25) is 14.5 Å². The number of carbonyl (C=O) groups excluding carboxylic acids is 1. The van der Waals surface area contributed by atoms with E-state index >= 15 is 0 Å². The van der Waals surface area contributed by atoms with Gasteiger partial charge in [0.1, 0.15) is 6.17 Å². The van der Waals surface area contributed by atoms with E-state index in [1.54, 1.807) is 0 Å². The molecule has 1 aromatic rings. The van der Waals surface area contributed by atoms with Gasteiger partial charge in [-0.1, -0.05) is 44.2 Å². The number of hydrogen-bond donors (Lipinski definition) is 3. The van der Waals surface area contributed by atoms with Crippen LogP contribution in [-0.4, -0.2) is 46.2 Å². The molecule has 1 aliphatic heterocycles. The van der Waals surface area contributed by atoms with E-state index in [0.717, 1.165) is 12.1 Å². The molecule has 1 aromatic carbocycles. The van der Waals surface area contributed by atoms with Gasteiger partial charge in [0.25, 0.3) is 0 Å². The van der Waals surface area contributed by atoms with Gasteiger partial charge in [-0.2, -0.15) is 0 Å². The van der Waals surface area contributed by atoms with Crippen molar-refractivity contribution in [2.75, 3.05) is 13.1 Å². The largest absolute Gasteiger partial charge is 0.481 e. The molecule has 1 saturated heterocycles. The maximum Gasteiger partial charge on any atom is 0.305 e. The summed E-state index contributed by atoms with van der Waals surface area (Å²) in [5, 5.41) is 19.3. The summed E-state index contributed by atoms with van der Waals surface area (Å²) in [6, 6.07) is 10.1. The highest BCUT2D eigenvalue weighted by molar-refractivity contribution is 5.80. The molecule has 1 amide bonds. The number of hydrogen-bond acceptors (Lipinski definition) is 4. The van der Waals surface area contributed by atoms with Gasteiger partial charge in [0, 0.05) is 6.54 Å². The van der Waals surface area contributed by atoms with Crippen LogP contribution in [0.4, 0.5) is 0 Å². The van der Waals surface area contributed by atoms with Crippen LogP contribution in [0.3, 0.4) is 0 Å². The molecule has 0 spiro atoms. The van der Waals surface area contributed by atoms with E-state index in [1.807, 2.05) is 18.2 Å². The zero-order valence-corrected chi connectivity index (χ0v) is 13.9. The zero-order chi connectivity index (χ0) is 17.4. The van der Waals surface area contributed by atoms with Gasteiger partial charge in [-0.25, -0.2) is 0 Å². The van der Waals surface area contributed by atoms with Crippen molar-refractivity contribution in [3.05, 3.63) is 35.9 Å². The number of amides is 1. The standard InChI is InChI=1S/C13H18N2O.C4H8O3/c1-10(2)8-15-9-12(16)14-13(15)11-6-4-3-5-7-11;1-3(5)2-4(6)7/h3-7,10,13H,8-9H2,1-2H3,(H,14,16);3,5H,2H2,1H3,(H,6,7). The Morgan fingerprint density at radius 3 is 2.35 bits per heavy atom. The predicted octanol–water partition coefficient (Wildman–Crippen LogP) is 1.61. The molecular weight excluding hydrogens is 296 g/mol. The van der Waals surface area contributed by atoms with Crippen LogP contribution in [-0.2, 0) is 9.59 Å². The van der Waals surface area contributed by atoms with Gasteiger partial charge in [0.05, 0.1) is 19.1 Å². The number of aliphatic carboxylic acids is 1. The van der Waals surface area contributed by atoms with Gasteiger partial charge in [-0.05, 0) is 18.4 Å². The molecule has 2 unspecified atom stereocenters. The van der Waals surface area contributed by atoms with Crippen molar-refractivity contribution in [2.45, 2.75) is 39.5 Å². The molecule has 1 fully saturated rings. The molecule has 0 saturated carbocycles. The second kappa shape index (κ2) is 9.27. The Hall–Kier alpha value is -1.92. The number of aliphatic hydroxyl groups excluding tert-OH is 1. The van der Waals surface area contributed by atoms with Gasteiger partial charge in [0.2, 0.25) is 5.91 Å². The number of carboxylic acids is 1. The average molecular weight is 322 g/mol. The molecule has 0 bridgehead atoms. The summed E-state index contributed by atoms with van der Waals surface area (Å²) in [5.41, 5.74) is 1.16. The van der Waals surface area contributed by atoms with E-state index in [1.165, 1.54) is 6.92 Å². The van der Waals surface area contributed by atoms with Gasteiger partial charge >= 0.3 is 5.97 Å². The lowest BCUT2D eigenvalue weighted by Gasteiger charge is -2.24. The molecule has 0 radical (unpaired) electrons. The van der Waals surface area contributed by atoms with Crippen LogP contribution in [0.5, 0.6) is 0 Å². The lowest BCUT2D eigenvalue weighted by molar-refractivity contribution is -0.138. The van der Waals surface area contributed by atoms with E-state index < -0.39 is 12.1 Å². The molecule has 6 heteroatoms. The van der Waals surface area contributed by atoms with Crippen molar-refractivity contribution < 1.29 is 19.8 Å². The molecule has 2 atom stereocenters. The maximum absolute atomic E-state index is 11.5. The van der Waals surface area contributed by atoms with Gasteiger partial charge in [-0.15, -0.1) is 0 Å². The van der Waals surface area contributed by atoms with E-state index in [9.17, 15) is 9.59 Å². The van der Waals surface area contributed by atoms with Crippen LogP contribution < -0.4 is 5.32 Å². The Kier molecular flexibility index (Phi) is 7.71. The smallest absolute Gasteiger partial charge is 0.305 e. The first-order valence-corrected chi connectivity index (χ1v) is 7.77. The lowest BCUT2D eigenvalue weighted by atomic mass is 10.1. The topological polar surface area (TPSA) is 89.9 Å². The van der Waals surface area contributed by atoms with Crippen molar-refractivity contribution in [1.29, 1.82) is 0 Å². The molecule has 1 heterocycles. The number of nitrogens with zero attached hydrogens (tertiary/aromatic N) is 1. The normalized spacial score (nSPS) is 19.0. The Morgan fingerprint density at radius 1 is 1.30 bits per heavy atom. The fourth-order valence-electron chi connectivity index (χ4n) is 2.39. The fourth-order valence-corrected chi connectivity index (χ4v) is 2.39. The molecule has 6 nitrogen and oxygen atoms in total. The average Bonchev–Trinajstić information content (AvgIpc) is 2.79. The van der Waals surface area contributed by atoms with Crippen molar-refractivity contribution in [1.82, 2.24) is 10.2 Å². The monoisotopic (exact) mass is 322 g/mol. The maximum atomic E-state index is 11.5. The summed E-state index contributed by atoms with van der Waals surface area (Å²) in [4.78, 5) is 23.3. The van der Waals surface area contributed by atoms with Crippen molar-refractivity contribution >= 4 is 11.9 Å². The zero-order valence-electron chi connectivity index (χ0n) is 13.9. The Balaban J connectivity index is 0.000000322. The molecule has 2 rings (SSSR count). The van der Waals surface area contributed by atoms with Gasteiger partial charge < -0.3 is 15.5 Å². The highest BCUT2D eigenvalue weighted by Gasteiger charge is 2.30. The Morgan fingerprint density at radius 2 is 1.91 bits per heavy atom. The lowest BCUT2D eigenvalue weighted by Crippen LogP contribution is -2.30. The van der Waals surface area contributed by atoms with E-state index in [-0.39, 0.29) is 18.5 Å². The minimum atomic E-state index is -0.963. The quantitative estimate of drug-likeness (QED) is 0.766. The summed E-state index contributed by atoms with van der Waals surface area (Å²) < 4.78 is 0. The van der Waals surface area contributed by atoms with Crippen molar-refractivity contribution in [3.8, 4) is 0 Å². The Labute approximate surface area is 137 Å². The van der Waals surface area contributed by atoms with E-state index in [4.69, 9.17) is 10.2 Å². The van der Waals surface area contributed by atoms with Crippen LogP contribution in [0.25, 0.3) is 0 Å². The molecule has 0 aliphatic carbocycles. The summed E-state index contributed by atoms with van der Waals surface area (Å²) in [6.45, 7) is 7.24. The first kappa shape index (κ1) is 19.1. The second-order valence-electron chi connectivity index (χ2n) is 6.15. The first-order chi connectivity index (χ1) is 10.8. The summed E-state index contributed by atoms with van der Waals surface area (Å²) in [5.74, 6) is -0.275. The van der Waals surface area contributed by atoms with Crippen LogP contribution >= 0.6 is 0 Å². The summed E-state index contributed by atoms with van der Waals surface area (Å²) in [6.07, 6.45) is -0.839. The van der Waals surface area contributed by atoms with Crippen LogP contribution in [0.2, 0.25) is 0 Å². The number of rotatable bonds is 5. The second-order valence-corrected chi connectivity index (χ2v) is 6.15. The molecule has 23 heavy (non-hydrogen) atoms. The molecule has 128 valence electrons. The first-order valence-electron chi connectivity index (χ1n) is 7.77. The number of carbonyl (C=O) groups is 2. The third kappa shape index (κ3) is 7.25. The fraction of sp³-hybridized carbons (Fsp3) is 0.529. The van der Waals surface area contributed by atoms with Crippen molar-refractivity contribution in [3.63, 3.8) is 0 Å². The molecule has 1 aliphatic rings. The highest BCUT2D eigenvalue weighted by atomic mass is 16.4. The number of benzene rings is 1. The highest BCUT2D eigenvalue weighted by Crippen LogP contribution is 2.22. The molecular formula is C17H26N2O4. The number of nitrogens with one attached hydrogen (secondary N) is 1. The Bertz CT molecular complexity index is 503. The third-order valence-electron chi connectivity index (χ3n) is 3.19. The summed E-state index contributed by atoms with van der Waals surface area (Å²) in [7, 11) is 0. The third-order valence-corrected chi connectivity index (χ3v) is 3.19. The minimum Gasteiger partial charge on any atom is -0.481 e. The van der Waals surface area contributed by atoms with E-state index in [2.05, 4.69) is 36.2 Å². The number of aliphatic hydroxyl groups is 1. The molecule has 0 aromatic heterocycles. The minimum absolute atomic E-state index is 0.0519. The number of carboxylic acid groups (broad SMARTS) is 1. The summed E-state index contributed by atoms with van der Waals surface area (Å²) >= 11 is 0. The van der Waals surface area contributed by atoms with Crippen LogP contribution in [0.15, 0.2) is 30.3 Å². The van der Waals surface area contributed by atoms with Crippen molar-refractivity contribution in [2.24, 2.45) is 5.92 Å².